The fraction of sp³-hybridized carbons (Fsp3) is 0.873. The van der Waals surface area contributed by atoms with Crippen molar-refractivity contribution in [3.63, 3.8) is 0 Å². The summed E-state index contributed by atoms with van der Waals surface area (Å²) < 4.78 is 25.7. The van der Waals surface area contributed by atoms with Crippen LogP contribution in [0.5, 0.6) is 0 Å². The molecule has 0 aliphatic carbocycles. The van der Waals surface area contributed by atoms with Crippen LogP contribution in [0, 0.1) is 0 Å². The molecule has 0 saturated carbocycles. The fourth-order valence-electron chi connectivity index (χ4n) is 4.18. The minimum atomic E-state index is -0.460. The number of hydrogen-bond donors (Lipinski definition) is 4. The molecule has 0 aliphatic rings. The number of ether oxygens (including phenoxy) is 5. The third kappa shape index (κ3) is 119. The molecule has 0 rings (SSSR count). The zero-order chi connectivity index (χ0) is 61.9. The summed E-state index contributed by atoms with van der Waals surface area (Å²) in [5.74, 6) is 6.04. The van der Waals surface area contributed by atoms with E-state index in [-0.39, 0.29) is 106 Å². The molecular weight excluding hydrogens is 1230 g/mol. The molecule has 0 aromatic carbocycles. The van der Waals surface area contributed by atoms with E-state index in [1.54, 1.807) is 10.8 Å². The van der Waals surface area contributed by atoms with Gasteiger partial charge in [0.25, 0.3) is 0 Å². The first kappa shape index (κ1) is 100. The van der Waals surface area contributed by atoms with Crippen LogP contribution < -0.4 is 73.1 Å². The molecule has 0 fully saturated rings. The molecule has 0 saturated heterocycles. The largest absolute Gasteiger partial charge is 1.00 e. The second-order valence-corrected chi connectivity index (χ2v) is 29.9. The van der Waals surface area contributed by atoms with E-state index < -0.39 is 28.5 Å². The number of alkyl halides is 2. The molecule has 26 heteroatoms. The molecule has 0 heterocycles. The first-order valence-corrected chi connectivity index (χ1v) is 33.8. The monoisotopic (exact) mass is 1340 g/mol. The average Bonchev–Trinajstić information content (AvgIpc) is 3.23. The predicted octanol–water partition coefficient (Wildman–Crippen LogP) is 11.5. The van der Waals surface area contributed by atoms with E-state index in [0.717, 1.165) is 86.7 Å². The van der Waals surface area contributed by atoms with Crippen LogP contribution in [0.3, 0.4) is 0 Å². The van der Waals surface area contributed by atoms with Gasteiger partial charge in [0.1, 0.15) is 28.0 Å². The fourth-order valence-corrected chi connectivity index (χ4v) is 9.56. The van der Waals surface area contributed by atoms with Crippen LogP contribution in [-0.4, -0.2) is 161 Å². The number of alkyl carbamates (subject to hydrolysis) is 3. The van der Waals surface area contributed by atoms with Gasteiger partial charge in [0, 0.05) is 91.6 Å². The second kappa shape index (κ2) is 63.2. The van der Waals surface area contributed by atoms with E-state index in [4.69, 9.17) is 52.6 Å². The maximum atomic E-state index is 11.5. The van der Waals surface area contributed by atoms with E-state index >= 15 is 0 Å². The number of carbonyl (C=O) groups is 7. The third-order valence-corrected chi connectivity index (χ3v) is 13.5. The maximum Gasteiger partial charge on any atom is 1.00 e. The zero-order valence-corrected chi connectivity index (χ0v) is 61.7. The summed E-state index contributed by atoms with van der Waals surface area (Å²) in [4.78, 5) is 78.5. The average molecular weight is 1340 g/mol. The number of unbranched alkanes of at least 4 members (excludes halogenated alkanes) is 2. The van der Waals surface area contributed by atoms with Crippen molar-refractivity contribution in [2.24, 2.45) is 5.73 Å². The van der Waals surface area contributed by atoms with Gasteiger partial charge in [-0.1, -0.05) is 69.8 Å². The number of nitrogens with one attached hydrogen (secondary N) is 3. The number of rotatable bonds is 28. The Bertz CT molecular complexity index is 1500. The summed E-state index contributed by atoms with van der Waals surface area (Å²) in [6.45, 7) is 34.3. The van der Waals surface area contributed by atoms with Gasteiger partial charge in [-0.3, -0.25) is 14.4 Å². The smallest absolute Gasteiger partial charge is 0.742 e. The third-order valence-electron chi connectivity index (χ3n) is 7.03. The number of nitrogens with two attached hydrogens (primary N) is 1. The SMILES string of the molecule is C.C.CC(=O)SCCCNC(=O)OC(C)(C)C.CC(=O)[S-].CC(C)(C)OC(=O)CCCCSSCCCNC(=O)OC(C)(C)C.CC(C)(C)OC(=O)NCCCCl.CN(C)CCSSCCCCC(=O)OC(C)(C)C.NCCCCl.[K+]. The maximum absolute atomic E-state index is 11.5. The summed E-state index contributed by atoms with van der Waals surface area (Å²) in [5.41, 5.74) is 2.97. The molecule has 0 aromatic rings. The molecule has 0 aliphatic heterocycles. The molecule has 0 spiro atoms. The normalized spacial score (nSPS) is 10.7. The Morgan fingerprint density at radius 1 is 0.469 bits per heavy atom. The van der Waals surface area contributed by atoms with E-state index in [0.29, 0.717) is 50.8 Å². The van der Waals surface area contributed by atoms with E-state index in [2.05, 4.69) is 47.6 Å². The zero-order valence-electron chi connectivity index (χ0n) is 52.2. The van der Waals surface area contributed by atoms with Gasteiger partial charge in [-0.05, 0) is 183 Å². The Morgan fingerprint density at radius 3 is 1.01 bits per heavy atom. The van der Waals surface area contributed by atoms with Crippen LogP contribution in [0.1, 0.15) is 197 Å². The van der Waals surface area contributed by atoms with Gasteiger partial charge in [-0.25, -0.2) is 14.4 Å². The molecule has 81 heavy (non-hydrogen) atoms. The molecule has 17 nitrogen and oxygen atoms in total. The first-order chi connectivity index (χ1) is 35.7. The van der Waals surface area contributed by atoms with Crippen molar-refractivity contribution in [3.8, 4) is 0 Å². The Kier molecular flexibility index (Phi) is 78.2. The molecule has 5 N–H and O–H groups in total. The van der Waals surface area contributed by atoms with Crippen LogP contribution in [0.4, 0.5) is 14.4 Å². The first-order valence-electron chi connectivity index (χ1n) is 26.3. The van der Waals surface area contributed by atoms with Crippen LogP contribution in [0.15, 0.2) is 0 Å². The standard InChI is InChI=1S/C17H33NO4S2.C13H27NO2S2.C10H19NO3S.C8H16ClNO2.C3H8ClN.C2H4OS.2CH4.K/c1-16(2,3)21-14(19)10-7-8-12-23-24-13-9-11-18-15(20)22-17(4,5)6;1-13(2,3)16-12(15)8-6-7-10-17-18-11-9-14(4)5;1-8(12)15-7-5-6-11-9(13)14-10(2,3)4;1-8(2,3)12-7(11)10-6-4-5-9;4-2-1-3-5;1-2(3)4;;;/h7-13H2,1-6H3,(H,18,20);6-11H2,1-5H3;5-7H2,1-4H3,(H,11,13);4-6H2,1-3H3,(H,10,11);1-3,5H2;1H3,(H,3,4);2*1H4;/q;;;;;;;;+1/p-1. The van der Waals surface area contributed by atoms with Crippen molar-refractivity contribution in [1.29, 1.82) is 0 Å². The number of thioether (sulfide) groups is 1. The Balaban J connectivity index is -0.000000117. The molecule has 0 unspecified atom stereocenters. The quantitative estimate of drug-likeness (QED) is 0.0108. The van der Waals surface area contributed by atoms with Crippen molar-refractivity contribution in [3.05, 3.63) is 0 Å². The Morgan fingerprint density at radius 2 is 0.753 bits per heavy atom. The van der Waals surface area contributed by atoms with Gasteiger partial charge in [-0.15, -0.1) is 23.2 Å². The Labute approximate surface area is 572 Å². The van der Waals surface area contributed by atoms with Gasteiger partial charge in [-0.2, -0.15) is 0 Å². The summed E-state index contributed by atoms with van der Waals surface area (Å²) in [5, 5.41) is 7.82. The van der Waals surface area contributed by atoms with Crippen LogP contribution in [0.2, 0.25) is 0 Å². The number of nitrogens with zero attached hydrogens (tertiary/aromatic N) is 1. The summed E-state index contributed by atoms with van der Waals surface area (Å²) in [6.07, 6.45) is 7.14. The molecule has 0 aromatic heterocycles. The number of halogens is 2. The molecule has 482 valence electrons. The number of esters is 2. The summed E-state index contributed by atoms with van der Waals surface area (Å²) in [6, 6.07) is 0. The molecule has 0 bridgehead atoms. The summed E-state index contributed by atoms with van der Waals surface area (Å²) in [7, 11) is 11.6. The molecule has 0 radical (unpaired) electrons. The van der Waals surface area contributed by atoms with E-state index in [9.17, 15) is 33.6 Å². The van der Waals surface area contributed by atoms with Gasteiger partial charge in [0.05, 0.1) is 0 Å². The molecule has 3 amide bonds. The second-order valence-electron chi connectivity index (χ2n) is 21.9. The van der Waals surface area contributed by atoms with Gasteiger partial charge in [0.2, 0.25) is 0 Å². The molecular formula is C55H114Cl2KN5O12S6. The predicted molar refractivity (Wildman–Crippen MR) is 354 cm³/mol. The van der Waals surface area contributed by atoms with Crippen molar-refractivity contribution in [2.75, 3.05) is 87.3 Å². The van der Waals surface area contributed by atoms with Gasteiger partial charge < -0.3 is 67.7 Å². The van der Waals surface area contributed by atoms with E-state index in [1.807, 2.05) is 136 Å². The number of carbonyl (C=O) groups excluding carboxylic acids is 7. The van der Waals surface area contributed by atoms with Crippen LogP contribution in [-0.2, 0) is 55.5 Å². The van der Waals surface area contributed by atoms with Crippen molar-refractivity contribution < 1.29 is 109 Å². The summed E-state index contributed by atoms with van der Waals surface area (Å²) >= 11 is 15.9. The van der Waals surface area contributed by atoms with Crippen molar-refractivity contribution >= 4 is 131 Å². The van der Waals surface area contributed by atoms with Crippen LogP contribution in [0.25, 0.3) is 0 Å². The van der Waals surface area contributed by atoms with Gasteiger partial charge >= 0.3 is 81.6 Å². The topological polar surface area (TPSA) is 231 Å². The minimum Gasteiger partial charge on any atom is -0.742 e. The van der Waals surface area contributed by atoms with Gasteiger partial charge in [0.15, 0.2) is 5.12 Å². The number of amides is 3. The molecule has 0 atom stereocenters. The minimum absolute atomic E-state index is 0. The van der Waals surface area contributed by atoms with E-state index in [1.165, 1.54) is 25.6 Å². The Hall–Kier alpha value is 0.196. The number of hydrogen-bond acceptors (Lipinski definition) is 20. The van der Waals surface area contributed by atoms with Crippen LogP contribution >= 0.6 is 78.1 Å². The van der Waals surface area contributed by atoms with Crippen molar-refractivity contribution in [1.82, 2.24) is 20.9 Å². The van der Waals surface area contributed by atoms with Crippen molar-refractivity contribution in [2.45, 2.75) is 225 Å².